The maximum Gasteiger partial charge on any atom is 0.200 e. The van der Waals surface area contributed by atoms with E-state index in [4.69, 9.17) is 13.9 Å². The molecule has 0 spiro atoms. The number of hydrogen-bond acceptors (Lipinski definition) is 3. The molecular weight excluding hydrogens is 340 g/mol. The second-order valence-corrected chi connectivity index (χ2v) is 14.7. The van der Waals surface area contributed by atoms with E-state index in [1.807, 2.05) is 18.2 Å². The molecule has 3 rings (SSSR count). The molecule has 3 unspecified atom stereocenters. The van der Waals surface area contributed by atoms with E-state index in [0.717, 1.165) is 18.4 Å². The molecule has 1 aliphatic heterocycles. The van der Waals surface area contributed by atoms with E-state index in [-0.39, 0.29) is 24.1 Å². The van der Waals surface area contributed by atoms with Crippen molar-refractivity contribution in [1.29, 1.82) is 0 Å². The van der Waals surface area contributed by atoms with Crippen LogP contribution in [0.15, 0.2) is 30.3 Å². The van der Waals surface area contributed by atoms with Crippen LogP contribution >= 0.6 is 0 Å². The van der Waals surface area contributed by atoms with Crippen LogP contribution in [0.4, 0.5) is 0 Å². The first-order chi connectivity index (χ1) is 12.2. The standard InChI is InChI=1S/C22H36O3Si/c1-15(2)26(16(3)4,17(5)6)25-19-13-20-22(7,14-19)24-21(23-20)18-11-9-8-10-12-18/h8-12,15-17,19-21H,13-14H2,1-7H3/t19?,20-,21?,22?/m0/s1. The van der Waals surface area contributed by atoms with Crippen molar-refractivity contribution in [3.8, 4) is 0 Å². The van der Waals surface area contributed by atoms with Gasteiger partial charge in [0, 0.05) is 18.4 Å². The minimum Gasteiger partial charge on any atom is -0.413 e. The van der Waals surface area contributed by atoms with Gasteiger partial charge in [0.15, 0.2) is 6.29 Å². The van der Waals surface area contributed by atoms with Crippen molar-refractivity contribution in [1.82, 2.24) is 0 Å². The molecule has 146 valence electrons. The summed E-state index contributed by atoms with van der Waals surface area (Å²) in [6.45, 7) is 16.3. The summed E-state index contributed by atoms with van der Waals surface area (Å²) in [7, 11) is -1.87. The molecule has 1 aliphatic carbocycles. The van der Waals surface area contributed by atoms with Gasteiger partial charge in [-0.25, -0.2) is 0 Å². The van der Waals surface area contributed by atoms with Gasteiger partial charge < -0.3 is 13.9 Å². The van der Waals surface area contributed by atoms with Gasteiger partial charge >= 0.3 is 0 Å². The van der Waals surface area contributed by atoms with Crippen LogP contribution in [0.25, 0.3) is 0 Å². The van der Waals surface area contributed by atoms with Crippen molar-refractivity contribution >= 4 is 8.32 Å². The Morgan fingerprint density at radius 1 is 1.00 bits per heavy atom. The predicted molar refractivity (Wildman–Crippen MR) is 109 cm³/mol. The lowest BCUT2D eigenvalue weighted by molar-refractivity contribution is -0.103. The molecule has 0 bridgehead atoms. The third kappa shape index (κ3) is 3.41. The highest BCUT2D eigenvalue weighted by Crippen LogP contribution is 2.51. The topological polar surface area (TPSA) is 27.7 Å². The molecule has 2 fully saturated rings. The molecule has 1 saturated heterocycles. The van der Waals surface area contributed by atoms with Crippen LogP contribution in [0, 0.1) is 0 Å². The summed E-state index contributed by atoms with van der Waals surface area (Å²) in [5.41, 5.74) is 2.69. The fourth-order valence-corrected chi connectivity index (χ4v) is 11.0. The average Bonchev–Trinajstić information content (AvgIpc) is 3.03. The monoisotopic (exact) mass is 376 g/mol. The third-order valence-electron chi connectivity index (χ3n) is 6.60. The molecular formula is C22H36O3Si. The first kappa shape index (κ1) is 20.1. The Morgan fingerprint density at radius 3 is 2.08 bits per heavy atom. The van der Waals surface area contributed by atoms with Crippen molar-refractivity contribution in [2.24, 2.45) is 0 Å². The highest BCUT2D eigenvalue weighted by Gasteiger charge is 2.56. The van der Waals surface area contributed by atoms with Crippen LogP contribution in [0.3, 0.4) is 0 Å². The number of hydrogen-bond donors (Lipinski definition) is 0. The smallest absolute Gasteiger partial charge is 0.200 e. The molecule has 1 saturated carbocycles. The Kier molecular flexibility index (Phi) is 5.70. The first-order valence-electron chi connectivity index (χ1n) is 10.2. The summed E-state index contributed by atoms with van der Waals surface area (Å²) in [4.78, 5) is 0. The summed E-state index contributed by atoms with van der Waals surface area (Å²) >= 11 is 0. The normalized spacial score (nSPS) is 32.0. The Balaban J connectivity index is 1.72. The molecule has 3 nitrogen and oxygen atoms in total. The number of ether oxygens (including phenoxy) is 2. The van der Waals surface area contributed by atoms with Gasteiger partial charge in [-0.3, -0.25) is 0 Å². The highest BCUT2D eigenvalue weighted by atomic mass is 28.4. The molecule has 1 aromatic carbocycles. The highest BCUT2D eigenvalue weighted by molar-refractivity contribution is 6.77. The van der Waals surface area contributed by atoms with Crippen molar-refractivity contribution in [2.75, 3.05) is 0 Å². The summed E-state index contributed by atoms with van der Waals surface area (Å²) in [6, 6.07) is 10.3. The lowest BCUT2D eigenvalue weighted by atomic mass is 10.0. The maximum absolute atomic E-state index is 7.00. The van der Waals surface area contributed by atoms with Crippen LogP contribution in [0.1, 0.15) is 73.2 Å². The Labute approximate surface area is 160 Å². The van der Waals surface area contributed by atoms with Crippen LogP contribution in [0.2, 0.25) is 16.6 Å². The van der Waals surface area contributed by atoms with E-state index >= 15 is 0 Å². The second kappa shape index (κ2) is 7.38. The number of fused-ring (bicyclic) bond motifs is 1. The minimum atomic E-state index is -1.87. The molecule has 0 aromatic heterocycles. The predicted octanol–water partition coefficient (Wildman–Crippen LogP) is 6.21. The zero-order valence-electron chi connectivity index (χ0n) is 17.5. The summed E-state index contributed by atoms with van der Waals surface area (Å²) in [5.74, 6) is 0. The Morgan fingerprint density at radius 2 is 1.58 bits per heavy atom. The lowest BCUT2D eigenvalue weighted by Crippen LogP contribution is -2.50. The van der Waals surface area contributed by atoms with Crippen molar-refractivity contribution < 1.29 is 13.9 Å². The van der Waals surface area contributed by atoms with Crippen molar-refractivity contribution in [2.45, 2.75) is 102 Å². The summed E-state index contributed by atoms with van der Waals surface area (Å²) in [6.07, 6.45) is 2.01. The maximum atomic E-state index is 7.00. The van der Waals surface area contributed by atoms with Crippen LogP contribution in [0.5, 0.6) is 0 Å². The molecule has 0 amide bonds. The fourth-order valence-electron chi connectivity index (χ4n) is 5.44. The van der Waals surface area contributed by atoms with E-state index in [0.29, 0.717) is 16.6 Å². The quantitative estimate of drug-likeness (QED) is 0.552. The van der Waals surface area contributed by atoms with Gasteiger partial charge in [-0.1, -0.05) is 71.9 Å². The van der Waals surface area contributed by atoms with Crippen molar-refractivity contribution in [3.63, 3.8) is 0 Å². The first-order valence-corrected chi connectivity index (χ1v) is 12.4. The molecule has 4 atom stereocenters. The second-order valence-electron chi connectivity index (χ2n) is 9.30. The molecule has 0 N–H and O–H groups in total. The van der Waals surface area contributed by atoms with E-state index in [1.165, 1.54) is 0 Å². The SMILES string of the molecule is CC(C)[Si](OC1C[C@@H]2OC(c3ccccc3)OC2(C)C1)(C(C)C)C(C)C. The summed E-state index contributed by atoms with van der Waals surface area (Å²) < 4.78 is 19.7. The molecule has 1 heterocycles. The van der Waals surface area contributed by atoms with Gasteiger partial charge in [0.25, 0.3) is 0 Å². The molecule has 1 aromatic rings. The minimum absolute atomic E-state index is 0.121. The molecule has 2 aliphatic rings. The Hall–Kier alpha value is -0.683. The van der Waals surface area contributed by atoms with Crippen LogP contribution < -0.4 is 0 Å². The van der Waals surface area contributed by atoms with Gasteiger partial charge in [-0.2, -0.15) is 0 Å². The zero-order valence-corrected chi connectivity index (χ0v) is 18.5. The number of rotatable bonds is 6. The Bertz CT molecular complexity index is 579. The van der Waals surface area contributed by atoms with Gasteiger partial charge in [0.05, 0.1) is 17.8 Å². The summed E-state index contributed by atoms with van der Waals surface area (Å²) in [5, 5.41) is 0. The van der Waals surface area contributed by atoms with Gasteiger partial charge in [0.2, 0.25) is 8.32 Å². The van der Waals surface area contributed by atoms with E-state index < -0.39 is 8.32 Å². The average molecular weight is 377 g/mol. The van der Waals surface area contributed by atoms with E-state index in [2.05, 4.69) is 60.6 Å². The number of benzene rings is 1. The largest absolute Gasteiger partial charge is 0.413 e. The van der Waals surface area contributed by atoms with Crippen molar-refractivity contribution in [3.05, 3.63) is 35.9 Å². The van der Waals surface area contributed by atoms with E-state index in [9.17, 15) is 0 Å². The lowest BCUT2D eigenvalue weighted by Gasteiger charge is -2.44. The molecule has 4 heteroatoms. The fraction of sp³-hybridized carbons (Fsp3) is 0.727. The van der Waals surface area contributed by atoms with Crippen LogP contribution in [-0.2, 0) is 13.9 Å². The van der Waals surface area contributed by atoms with Crippen LogP contribution in [-0.4, -0.2) is 26.1 Å². The molecule has 0 radical (unpaired) electrons. The van der Waals surface area contributed by atoms with Gasteiger partial charge in [-0.05, 0) is 23.5 Å². The third-order valence-corrected chi connectivity index (χ3v) is 12.8. The zero-order chi connectivity index (χ0) is 19.1. The van der Waals surface area contributed by atoms with Gasteiger partial charge in [0.1, 0.15) is 0 Å². The van der Waals surface area contributed by atoms with Gasteiger partial charge in [-0.15, -0.1) is 0 Å². The van der Waals surface area contributed by atoms with E-state index in [1.54, 1.807) is 0 Å². The molecule has 26 heavy (non-hydrogen) atoms.